The molecule has 0 heterocycles. The molecular weight excluding hydrogens is 252 g/mol. The molecule has 1 unspecified atom stereocenters. The molecule has 0 radical (unpaired) electrons. The number of halogens is 1. The lowest BCUT2D eigenvalue weighted by Crippen LogP contribution is -2.01. The highest BCUT2D eigenvalue weighted by Gasteiger charge is 2.18. The number of hydrogen-bond acceptors (Lipinski definition) is 3. The predicted molar refractivity (Wildman–Crippen MR) is 72.2 cm³/mol. The van der Waals surface area contributed by atoms with Crippen LogP contribution in [0.4, 0.5) is 0 Å². The van der Waals surface area contributed by atoms with Crippen LogP contribution in [-0.2, 0) is 0 Å². The van der Waals surface area contributed by atoms with E-state index in [0.29, 0.717) is 34.9 Å². The maximum atomic E-state index is 10.1. The second-order valence-electron chi connectivity index (χ2n) is 3.82. The van der Waals surface area contributed by atoms with E-state index in [1.165, 1.54) is 14.2 Å². The van der Waals surface area contributed by atoms with Gasteiger partial charge < -0.3 is 14.6 Å². The SMILES string of the molecule is C#CCCCC(O)c1ccc(OC)c(OC)c1Cl. The third-order valence-corrected chi connectivity index (χ3v) is 3.06. The molecule has 4 heteroatoms. The summed E-state index contributed by atoms with van der Waals surface area (Å²) in [7, 11) is 3.05. The fourth-order valence-corrected chi connectivity index (χ4v) is 2.07. The summed E-state index contributed by atoms with van der Waals surface area (Å²) in [6, 6.07) is 3.47. The van der Waals surface area contributed by atoms with Crippen LogP contribution >= 0.6 is 11.6 Å². The van der Waals surface area contributed by atoms with Crippen LogP contribution in [0.1, 0.15) is 30.9 Å². The van der Waals surface area contributed by atoms with Gasteiger partial charge in [0.05, 0.1) is 25.3 Å². The summed E-state index contributed by atoms with van der Waals surface area (Å²) in [6.45, 7) is 0. The van der Waals surface area contributed by atoms with Crippen LogP contribution in [-0.4, -0.2) is 19.3 Å². The van der Waals surface area contributed by atoms with E-state index < -0.39 is 6.10 Å². The first kappa shape index (κ1) is 14.7. The van der Waals surface area contributed by atoms with Crippen molar-refractivity contribution < 1.29 is 14.6 Å². The highest BCUT2D eigenvalue weighted by Crippen LogP contribution is 2.40. The number of benzene rings is 1. The van der Waals surface area contributed by atoms with Crippen molar-refractivity contribution in [1.82, 2.24) is 0 Å². The summed E-state index contributed by atoms with van der Waals surface area (Å²) in [4.78, 5) is 0. The Balaban J connectivity index is 2.93. The van der Waals surface area contributed by atoms with Crippen molar-refractivity contribution in [3.63, 3.8) is 0 Å². The molecule has 0 spiro atoms. The Hall–Kier alpha value is -1.37. The van der Waals surface area contributed by atoms with Crippen molar-refractivity contribution in [2.75, 3.05) is 14.2 Å². The highest BCUT2D eigenvalue weighted by atomic mass is 35.5. The molecule has 1 atom stereocenters. The van der Waals surface area contributed by atoms with Gasteiger partial charge in [-0.3, -0.25) is 0 Å². The third-order valence-electron chi connectivity index (χ3n) is 2.67. The van der Waals surface area contributed by atoms with E-state index >= 15 is 0 Å². The smallest absolute Gasteiger partial charge is 0.179 e. The van der Waals surface area contributed by atoms with Gasteiger partial charge in [0.1, 0.15) is 0 Å². The zero-order chi connectivity index (χ0) is 13.5. The number of hydrogen-bond donors (Lipinski definition) is 1. The Kier molecular flexibility index (Phi) is 5.84. The molecular formula is C14H17ClO3. The zero-order valence-corrected chi connectivity index (χ0v) is 11.3. The minimum absolute atomic E-state index is 0.380. The van der Waals surface area contributed by atoms with Crippen molar-refractivity contribution in [1.29, 1.82) is 0 Å². The van der Waals surface area contributed by atoms with Gasteiger partial charge >= 0.3 is 0 Å². The standard InChI is InChI=1S/C14H17ClO3/c1-4-5-6-7-11(16)10-8-9-12(17-2)14(18-3)13(10)15/h1,8-9,11,16H,5-7H2,2-3H3. The first-order valence-corrected chi connectivity index (χ1v) is 6.05. The van der Waals surface area contributed by atoms with Gasteiger partial charge in [0.2, 0.25) is 0 Å². The molecule has 0 aliphatic rings. The van der Waals surface area contributed by atoms with Crippen LogP contribution < -0.4 is 9.47 Å². The van der Waals surface area contributed by atoms with Crippen LogP contribution in [0, 0.1) is 12.3 Å². The van der Waals surface area contributed by atoms with E-state index in [2.05, 4.69) is 5.92 Å². The molecule has 0 saturated carbocycles. The molecule has 0 aliphatic carbocycles. The molecule has 18 heavy (non-hydrogen) atoms. The molecule has 0 fully saturated rings. The van der Waals surface area contributed by atoms with E-state index in [4.69, 9.17) is 27.5 Å². The molecule has 98 valence electrons. The summed E-state index contributed by atoms with van der Waals surface area (Å²) in [6.07, 6.45) is 6.49. The van der Waals surface area contributed by atoms with Crippen molar-refractivity contribution in [3.8, 4) is 23.8 Å². The number of aliphatic hydroxyl groups is 1. The molecule has 0 aliphatic heterocycles. The van der Waals surface area contributed by atoms with Crippen LogP contribution in [0.2, 0.25) is 5.02 Å². The summed E-state index contributed by atoms with van der Waals surface area (Å²) in [5.74, 6) is 3.52. The van der Waals surface area contributed by atoms with Crippen molar-refractivity contribution >= 4 is 11.6 Å². The second kappa shape index (κ2) is 7.15. The monoisotopic (exact) mass is 268 g/mol. The third kappa shape index (κ3) is 3.32. The summed E-state index contributed by atoms with van der Waals surface area (Å²) in [5.41, 5.74) is 0.631. The number of terminal acetylenes is 1. The number of ether oxygens (including phenoxy) is 2. The van der Waals surface area contributed by atoms with Gasteiger partial charge in [-0.2, -0.15) is 0 Å². The maximum Gasteiger partial charge on any atom is 0.179 e. The number of unbranched alkanes of at least 4 members (excludes halogenated alkanes) is 1. The highest BCUT2D eigenvalue weighted by molar-refractivity contribution is 6.33. The minimum atomic E-state index is -0.648. The average Bonchev–Trinajstić information content (AvgIpc) is 2.38. The second-order valence-corrected chi connectivity index (χ2v) is 4.19. The van der Waals surface area contributed by atoms with Crippen LogP contribution in [0.5, 0.6) is 11.5 Å². The Labute approximate surface area is 113 Å². The molecule has 0 amide bonds. The molecule has 1 aromatic rings. The van der Waals surface area contributed by atoms with Crippen LogP contribution in [0.15, 0.2) is 12.1 Å². The Morgan fingerprint density at radius 1 is 1.39 bits per heavy atom. The van der Waals surface area contributed by atoms with Gasteiger partial charge in [-0.05, 0) is 18.9 Å². The average molecular weight is 269 g/mol. The van der Waals surface area contributed by atoms with E-state index in [1.54, 1.807) is 12.1 Å². The normalized spacial score (nSPS) is 11.7. The van der Waals surface area contributed by atoms with E-state index in [1.807, 2.05) is 0 Å². The number of aliphatic hydroxyl groups excluding tert-OH is 1. The summed E-state index contributed by atoms with van der Waals surface area (Å²) in [5, 5.41) is 10.4. The summed E-state index contributed by atoms with van der Waals surface area (Å²) >= 11 is 6.20. The molecule has 3 nitrogen and oxygen atoms in total. The molecule has 0 aromatic heterocycles. The molecule has 1 rings (SSSR count). The van der Waals surface area contributed by atoms with Crippen LogP contribution in [0.3, 0.4) is 0 Å². The zero-order valence-electron chi connectivity index (χ0n) is 10.6. The van der Waals surface area contributed by atoms with E-state index in [-0.39, 0.29) is 0 Å². The molecule has 1 N–H and O–H groups in total. The van der Waals surface area contributed by atoms with Crippen LogP contribution in [0.25, 0.3) is 0 Å². The minimum Gasteiger partial charge on any atom is -0.493 e. The van der Waals surface area contributed by atoms with E-state index in [9.17, 15) is 5.11 Å². The molecule has 1 aromatic carbocycles. The van der Waals surface area contributed by atoms with Crippen molar-refractivity contribution in [2.45, 2.75) is 25.4 Å². The lowest BCUT2D eigenvalue weighted by atomic mass is 10.0. The Morgan fingerprint density at radius 2 is 2.11 bits per heavy atom. The van der Waals surface area contributed by atoms with Gasteiger partial charge in [-0.15, -0.1) is 12.3 Å². The fourth-order valence-electron chi connectivity index (χ4n) is 1.71. The lowest BCUT2D eigenvalue weighted by molar-refractivity contribution is 0.165. The number of methoxy groups -OCH3 is 2. The van der Waals surface area contributed by atoms with Gasteiger partial charge in [-0.1, -0.05) is 17.7 Å². The topological polar surface area (TPSA) is 38.7 Å². The lowest BCUT2D eigenvalue weighted by Gasteiger charge is -2.16. The van der Waals surface area contributed by atoms with E-state index in [0.717, 1.165) is 6.42 Å². The van der Waals surface area contributed by atoms with Gasteiger partial charge in [0.15, 0.2) is 11.5 Å². The van der Waals surface area contributed by atoms with Gasteiger partial charge in [0, 0.05) is 12.0 Å². The number of rotatable bonds is 6. The maximum absolute atomic E-state index is 10.1. The quantitative estimate of drug-likeness (QED) is 0.636. The largest absolute Gasteiger partial charge is 0.493 e. The van der Waals surface area contributed by atoms with Gasteiger partial charge in [0.25, 0.3) is 0 Å². The molecule has 0 saturated heterocycles. The first-order valence-electron chi connectivity index (χ1n) is 5.67. The van der Waals surface area contributed by atoms with Crippen molar-refractivity contribution in [2.24, 2.45) is 0 Å². The van der Waals surface area contributed by atoms with Gasteiger partial charge in [-0.25, -0.2) is 0 Å². The summed E-state index contributed by atoms with van der Waals surface area (Å²) < 4.78 is 10.3. The first-order chi connectivity index (χ1) is 8.65. The predicted octanol–water partition coefficient (Wildman–Crippen LogP) is 3.19. The van der Waals surface area contributed by atoms with Crippen molar-refractivity contribution in [3.05, 3.63) is 22.7 Å². The Bertz CT molecular complexity index is 437. The Morgan fingerprint density at radius 3 is 2.67 bits per heavy atom. The fraction of sp³-hybridized carbons (Fsp3) is 0.429. The molecule has 0 bridgehead atoms.